The number of ether oxygens (including phenoxy) is 1. The summed E-state index contributed by atoms with van der Waals surface area (Å²) >= 11 is 1.35. The Balaban J connectivity index is 1.60. The number of sulfonamides is 1. The second-order valence-corrected chi connectivity index (χ2v) is 8.78. The minimum absolute atomic E-state index is 0.0262. The van der Waals surface area contributed by atoms with Crippen LogP contribution in [-0.2, 0) is 19.6 Å². The predicted molar refractivity (Wildman–Crippen MR) is 97.6 cm³/mol. The van der Waals surface area contributed by atoms with Gasteiger partial charge < -0.3 is 10.1 Å². The Bertz CT molecular complexity index is 832. The predicted octanol–water partition coefficient (Wildman–Crippen LogP) is 0.892. The number of amides is 1. The summed E-state index contributed by atoms with van der Waals surface area (Å²) in [5.74, 6) is -0.132. The van der Waals surface area contributed by atoms with Gasteiger partial charge in [0.05, 0.1) is 24.5 Å². The first-order valence-electron chi connectivity index (χ1n) is 8.08. The first-order valence-corrected chi connectivity index (χ1v) is 10.6. The van der Waals surface area contributed by atoms with Gasteiger partial charge in [0, 0.05) is 17.4 Å². The molecule has 2 N–H and O–H groups in total. The number of carbonyl (C=O) groups is 2. The van der Waals surface area contributed by atoms with Crippen LogP contribution in [0.1, 0.15) is 29.6 Å². The lowest BCUT2D eigenvalue weighted by atomic mass is 10.2. The van der Waals surface area contributed by atoms with E-state index in [1.165, 1.54) is 43.1 Å². The van der Waals surface area contributed by atoms with Crippen LogP contribution in [0.4, 0.5) is 0 Å². The van der Waals surface area contributed by atoms with E-state index in [0.29, 0.717) is 16.5 Å². The van der Waals surface area contributed by atoms with Gasteiger partial charge in [-0.15, -0.1) is 0 Å². The Hall–Kier alpha value is -1.91. The molecule has 0 radical (unpaired) electrons. The molecule has 0 bridgehead atoms. The van der Waals surface area contributed by atoms with Gasteiger partial charge in [-0.1, -0.05) is 11.8 Å². The molecule has 0 saturated heterocycles. The lowest BCUT2D eigenvalue weighted by Gasteiger charge is -2.07. The molecule has 1 aromatic carbocycles. The van der Waals surface area contributed by atoms with Gasteiger partial charge in [-0.25, -0.2) is 13.1 Å². The maximum absolute atomic E-state index is 12.3. The third-order valence-electron chi connectivity index (χ3n) is 3.89. The number of nitrogens with zero attached hydrogens (tertiary/aromatic N) is 1. The summed E-state index contributed by atoms with van der Waals surface area (Å²) < 4.78 is 31.4. The van der Waals surface area contributed by atoms with E-state index in [1.807, 2.05) is 0 Å². The molecule has 8 nitrogen and oxygen atoms in total. The summed E-state index contributed by atoms with van der Waals surface area (Å²) in [7, 11) is -2.22. The molecule has 1 atom stereocenters. The Morgan fingerprint density at radius 3 is 2.58 bits per heavy atom. The summed E-state index contributed by atoms with van der Waals surface area (Å²) in [4.78, 5) is 27.9. The molecule has 1 aliphatic carbocycles. The van der Waals surface area contributed by atoms with E-state index in [0.717, 1.165) is 12.8 Å². The van der Waals surface area contributed by atoms with Gasteiger partial charge in [-0.3, -0.25) is 14.6 Å². The number of rotatable bonds is 6. The highest BCUT2D eigenvalue weighted by Gasteiger charge is 2.28. The fourth-order valence-electron chi connectivity index (χ4n) is 2.31. The van der Waals surface area contributed by atoms with Crippen molar-refractivity contribution in [2.75, 3.05) is 12.9 Å². The summed E-state index contributed by atoms with van der Waals surface area (Å²) in [6.07, 6.45) is 1.89. The average Bonchev–Trinajstić information content (AvgIpc) is 3.31. The molecule has 1 aromatic rings. The van der Waals surface area contributed by atoms with Crippen molar-refractivity contribution in [2.24, 2.45) is 4.99 Å². The van der Waals surface area contributed by atoms with Crippen molar-refractivity contribution in [1.82, 2.24) is 10.0 Å². The quantitative estimate of drug-likeness (QED) is 0.689. The number of esters is 1. The summed E-state index contributed by atoms with van der Waals surface area (Å²) in [6.45, 7) is 0. The smallest absolute Gasteiger partial charge is 0.307 e. The summed E-state index contributed by atoms with van der Waals surface area (Å²) in [6, 6.07) is 5.54. The molecule has 1 amide bonds. The highest BCUT2D eigenvalue weighted by molar-refractivity contribution is 8.14. The molecule has 0 unspecified atom stereocenters. The maximum atomic E-state index is 12.3. The van der Waals surface area contributed by atoms with Crippen molar-refractivity contribution in [3.8, 4) is 0 Å². The largest absolute Gasteiger partial charge is 0.469 e. The number of thioether (sulfide) groups is 1. The Morgan fingerprint density at radius 2 is 1.96 bits per heavy atom. The molecule has 1 fully saturated rings. The molecule has 140 valence electrons. The minimum atomic E-state index is -3.54. The zero-order valence-electron chi connectivity index (χ0n) is 14.1. The molecule has 3 rings (SSSR count). The van der Waals surface area contributed by atoms with Gasteiger partial charge in [0.1, 0.15) is 0 Å². The van der Waals surface area contributed by atoms with Crippen LogP contribution < -0.4 is 10.0 Å². The fraction of sp³-hybridized carbons (Fsp3) is 0.438. The van der Waals surface area contributed by atoms with Crippen molar-refractivity contribution < 1.29 is 22.7 Å². The highest BCUT2D eigenvalue weighted by Crippen LogP contribution is 2.22. The normalized spacial score (nSPS) is 19.7. The van der Waals surface area contributed by atoms with E-state index < -0.39 is 10.0 Å². The zero-order chi connectivity index (χ0) is 18.7. The van der Waals surface area contributed by atoms with Gasteiger partial charge in [0.2, 0.25) is 10.0 Å². The van der Waals surface area contributed by atoms with Crippen LogP contribution in [0.15, 0.2) is 34.2 Å². The molecule has 26 heavy (non-hydrogen) atoms. The maximum Gasteiger partial charge on any atom is 0.307 e. The molecule has 0 aromatic heterocycles. The Kier molecular flexibility index (Phi) is 5.64. The van der Waals surface area contributed by atoms with Crippen LogP contribution in [-0.4, -0.2) is 50.4 Å². The van der Waals surface area contributed by atoms with Gasteiger partial charge in [0.25, 0.3) is 5.91 Å². The third kappa shape index (κ3) is 4.83. The summed E-state index contributed by atoms with van der Waals surface area (Å²) in [5.41, 5.74) is 0.329. The van der Waals surface area contributed by atoms with Crippen LogP contribution in [0.2, 0.25) is 0 Å². The first kappa shape index (κ1) is 18.9. The number of nitrogens with one attached hydrogen (secondary N) is 2. The molecule has 1 aliphatic heterocycles. The van der Waals surface area contributed by atoms with Gasteiger partial charge in [0.15, 0.2) is 5.17 Å². The second-order valence-electron chi connectivity index (χ2n) is 6.05. The van der Waals surface area contributed by atoms with Crippen LogP contribution in [0.3, 0.4) is 0 Å². The average molecular weight is 397 g/mol. The molecule has 0 spiro atoms. The number of methoxy groups -OCH3 is 1. The lowest BCUT2D eigenvalue weighted by molar-refractivity contribution is -0.140. The van der Waals surface area contributed by atoms with Gasteiger partial charge >= 0.3 is 5.97 Å². The topological polar surface area (TPSA) is 114 Å². The van der Waals surface area contributed by atoms with E-state index in [9.17, 15) is 18.0 Å². The molecule has 1 saturated carbocycles. The van der Waals surface area contributed by atoms with Crippen molar-refractivity contribution in [1.29, 1.82) is 0 Å². The van der Waals surface area contributed by atoms with Crippen molar-refractivity contribution >= 4 is 38.8 Å². The number of hydrogen-bond donors (Lipinski definition) is 2. The van der Waals surface area contributed by atoms with E-state index >= 15 is 0 Å². The van der Waals surface area contributed by atoms with Crippen molar-refractivity contribution in [2.45, 2.75) is 36.2 Å². The van der Waals surface area contributed by atoms with Gasteiger partial charge in [-0.2, -0.15) is 0 Å². The number of benzene rings is 1. The number of aliphatic imine (C=N–C) groups is 1. The second kappa shape index (κ2) is 7.77. The number of hydrogen-bond acceptors (Lipinski definition) is 7. The summed E-state index contributed by atoms with van der Waals surface area (Å²) in [5, 5.41) is 3.11. The monoisotopic (exact) mass is 397 g/mol. The van der Waals surface area contributed by atoms with E-state index in [4.69, 9.17) is 0 Å². The Labute approximate surface area is 155 Å². The van der Waals surface area contributed by atoms with Crippen LogP contribution in [0.5, 0.6) is 0 Å². The minimum Gasteiger partial charge on any atom is -0.469 e. The Morgan fingerprint density at radius 1 is 1.27 bits per heavy atom. The van der Waals surface area contributed by atoms with Crippen molar-refractivity contribution in [3.63, 3.8) is 0 Å². The molecular formula is C16H19N3O5S2. The highest BCUT2D eigenvalue weighted by atomic mass is 32.2. The van der Waals surface area contributed by atoms with Crippen LogP contribution in [0, 0.1) is 0 Å². The molecular weight excluding hydrogens is 378 g/mol. The SMILES string of the molecule is COC(=O)C[C@@H]1CSC(NC(=O)c2ccc(S(=O)(=O)NC3CC3)cc2)=N1. The standard InChI is InChI=1S/C16H19N3O5S2/c1-24-14(20)8-12-9-25-16(17-12)18-15(21)10-2-6-13(7-3-10)26(22,23)19-11-4-5-11/h2-3,6-7,11-12,19H,4-5,8-9H2,1H3,(H,17,18,21)/t12-/m1/s1. The van der Waals surface area contributed by atoms with Crippen LogP contribution in [0.25, 0.3) is 0 Å². The van der Waals surface area contributed by atoms with Crippen LogP contribution >= 0.6 is 11.8 Å². The fourth-order valence-corrected chi connectivity index (χ4v) is 4.54. The lowest BCUT2D eigenvalue weighted by Crippen LogP contribution is -2.28. The van der Waals surface area contributed by atoms with E-state index in [-0.39, 0.29) is 35.3 Å². The molecule has 10 heteroatoms. The van der Waals surface area contributed by atoms with Crippen molar-refractivity contribution in [3.05, 3.63) is 29.8 Å². The number of carbonyl (C=O) groups excluding carboxylic acids is 2. The molecule has 1 heterocycles. The third-order valence-corrected chi connectivity index (χ3v) is 6.46. The van der Waals surface area contributed by atoms with Gasteiger partial charge in [-0.05, 0) is 37.1 Å². The van der Waals surface area contributed by atoms with E-state index in [1.54, 1.807) is 0 Å². The van der Waals surface area contributed by atoms with E-state index in [2.05, 4.69) is 19.8 Å². The molecule has 2 aliphatic rings. The number of amidine groups is 1. The zero-order valence-corrected chi connectivity index (χ0v) is 15.7. The first-order chi connectivity index (χ1) is 12.4.